The highest BCUT2D eigenvalue weighted by Gasteiger charge is 2.20. The molecule has 1 aliphatic heterocycles. The molecule has 0 fully saturated rings. The Morgan fingerprint density at radius 2 is 1.88 bits per heavy atom. The van der Waals surface area contributed by atoms with Crippen molar-refractivity contribution in [2.45, 2.75) is 25.9 Å². The quantitative estimate of drug-likeness (QED) is 0.436. The van der Waals surface area contributed by atoms with Crippen molar-refractivity contribution in [2.24, 2.45) is 0 Å². The summed E-state index contributed by atoms with van der Waals surface area (Å²) in [6.07, 6.45) is 0.901. The number of carbonyl (C=O) groups excluding carboxylic acids is 2. The van der Waals surface area contributed by atoms with Crippen molar-refractivity contribution in [1.82, 2.24) is 15.2 Å². The summed E-state index contributed by atoms with van der Waals surface area (Å²) in [5, 5.41) is 12.3. The third-order valence-corrected chi connectivity index (χ3v) is 6.55. The number of carbonyl (C=O) groups is 2. The Balaban J connectivity index is 1.38. The van der Waals surface area contributed by atoms with Crippen molar-refractivity contribution in [2.75, 3.05) is 36.6 Å². The molecule has 1 atom stereocenters. The van der Waals surface area contributed by atoms with Crippen LogP contribution in [0.3, 0.4) is 0 Å². The molecule has 0 saturated carbocycles. The first-order valence-electron chi connectivity index (χ1n) is 10.8. The first-order valence-corrected chi connectivity index (χ1v) is 11.7. The number of rotatable bonds is 6. The molecular formula is C24H28N6O2S. The van der Waals surface area contributed by atoms with Gasteiger partial charge in [0.15, 0.2) is 5.13 Å². The molecule has 172 valence electrons. The number of likely N-dealkylation sites (N-methyl/N-ethyl adjacent to an activating group) is 1. The monoisotopic (exact) mass is 464 g/mol. The van der Waals surface area contributed by atoms with Gasteiger partial charge < -0.3 is 20.9 Å². The van der Waals surface area contributed by atoms with E-state index >= 15 is 0 Å². The minimum atomic E-state index is -0.316. The summed E-state index contributed by atoms with van der Waals surface area (Å²) in [6.45, 7) is 3.72. The number of amides is 3. The van der Waals surface area contributed by atoms with Crippen molar-refractivity contribution in [3.05, 3.63) is 70.2 Å². The highest BCUT2D eigenvalue weighted by atomic mass is 32.1. The van der Waals surface area contributed by atoms with Crippen LogP contribution in [0.15, 0.2) is 48.5 Å². The molecule has 2 aromatic carbocycles. The van der Waals surface area contributed by atoms with Gasteiger partial charge in [-0.2, -0.15) is 0 Å². The number of hydrogen-bond donors (Lipinski definition) is 4. The van der Waals surface area contributed by atoms with E-state index in [0.29, 0.717) is 16.4 Å². The van der Waals surface area contributed by atoms with E-state index in [9.17, 15) is 9.59 Å². The fourth-order valence-corrected chi connectivity index (χ4v) is 4.78. The molecule has 0 bridgehead atoms. The number of fused-ring (bicyclic) bond motifs is 1. The van der Waals surface area contributed by atoms with Gasteiger partial charge in [0, 0.05) is 48.4 Å². The normalized spacial score (nSPS) is 14.2. The summed E-state index contributed by atoms with van der Waals surface area (Å²) in [4.78, 5) is 33.3. The molecule has 0 radical (unpaired) electrons. The molecule has 4 rings (SSSR count). The molecule has 3 aromatic rings. The minimum absolute atomic E-state index is 0.211. The summed E-state index contributed by atoms with van der Waals surface area (Å²) in [5.41, 5.74) is 4.03. The number of anilines is 3. The molecule has 2 heterocycles. The van der Waals surface area contributed by atoms with E-state index in [1.54, 1.807) is 12.1 Å². The molecule has 3 amide bonds. The Morgan fingerprint density at radius 3 is 2.70 bits per heavy atom. The Hall–Kier alpha value is -3.43. The lowest BCUT2D eigenvalue weighted by Gasteiger charge is -2.20. The zero-order chi connectivity index (χ0) is 23.4. The van der Waals surface area contributed by atoms with Gasteiger partial charge in [-0.3, -0.25) is 10.1 Å². The van der Waals surface area contributed by atoms with Crippen molar-refractivity contribution in [3.8, 4) is 0 Å². The van der Waals surface area contributed by atoms with Gasteiger partial charge in [-0.1, -0.05) is 18.2 Å². The van der Waals surface area contributed by atoms with Gasteiger partial charge in [0.05, 0.1) is 11.7 Å². The molecule has 0 spiro atoms. The number of thiazole rings is 1. The van der Waals surface area contributed by atoms with Crippen LogP contribution in [0.1, 0.15) is 39.5 Å². The third kappa shape index (κ3) is 5.68. The van der Waals surface area contributed by atoms with E-state index in [-0.39, 0.29) is 18.0 Å². The van der Waals surface area contributed by atoms with Crippen LogP contribution in [-0.4, -0.2) is 42.5 Å². The molecule has 0 saturated heterocycles. The van der Waals surface area contributed by atoms with Crippen LogP contribution in [-0.2, 0) is 13.0 Å². The molecule has 1 unspecified atom stereocenters. The summed E-state index contributed by atoms with van der Waals surface area (Å²) >= 11 is 1.53. The molecule has 4 N–H and O–H groups in total. The van der Waals surface area contributed by atoms with Crippen LogP contribution in [0.25, 0.3) is 0 Å². The summed E-state index contributed by atoms with van der Waals surface area (Å²) in [7, 11) is 3.91. The zero-order valence-electron chi connectivity index (χ0n) is 18.9. The number of nitrogens with zero attached hydrogens (tertiary/aromatic N) is 2. The molecule has 8 nitrogen and oxygen atoms in total. The molecule has 1 aromatic heterocycles. The van der Waals surface area contributed by atoms with Crippen LogP contribution in [0.2, 0.25) is 0 Å². The van der Waals surface area contributed by atoms with Crippen LogP contribution in [0.4, 0.5) is 21.3 Å². The van der Waals surface area contributed by atoms with Crippen molar-refractivity contribution in [1.29, 1.82) is 0 Å². The van der Waals surface area contributed by atoms with Crippen LogP contribution < -0.4 is 21.3 Å². The van der Waals surface area contributed by atoms with Crippen molar-refractivity contribution >= 4 is 39.8 Å². The predicted molar refractivity (Wildman–Crippen MR) is 133 cm³/mol. The van der Waals surface area contributed by atoms with Gasteiger partial charge in [0.25, 0.3) is 5.91 Å². The van der Waals surface area contributed by atoms with Gasteiger partial charge in [0.1, 0.15) is 0 Å². The second-order valence-corrected chi connectivity index (χ2v) is 9.19. The van der Waals surface area contributed by atoms with Gasteiger partial charge in [-0.15, -0.1) is 11.3 Å². The number of hydrogen-bond acceptors (Lipinski definition) is 6. The summed E-state index contributed by atoms with van der Waals surface area (Å²) in [5.74, 6) is -0.211. The molecule has 9 heteroatoms. The predicted octanol–water partition coefficient (Wildman–Crippen LogP) is 4.31. The average molecular weight is 465 g/mol. The standard InChI is InChI=1S/C24H28N6O2S/c1-15(26-23(32)27-19-9-5-8-18(13-19)25-2)16-6-4-7-17(12-16)22(31)29-24-28-20-10-11-30(3)14-21(20)33-24/h4-9,12-13,15,25H,10-11,14H2,1-3H3,(H2,26,27,32)(H,28,29,31). The van der Waals surface area contributed by atoms with E-state index in [4.69, 9.17) is 0 Å². The first-order chi connectivity index (χ1) is 15.9. The van der Waals surface area contributed by atoms with Crippen LogP contribution in [0, 0.1) is 0 Å². The van der Waals surface area contributed by atoms with E-state index in [1.165, 1.54) is 16.2 Å². The summed E-state index contributed by atoms with van der Waals surface area (Å²) < 4.78 is 0. The summed E-state index contributed by atoms with van der Waals surface area (Å²) in [6, 6.07) is 14.1. The second-order valence-electron chi connectivity index (χ2n) is 8.11. The fourth-order valence-electron chi connectivity index (χ4n) is 3.69. The lowest BCUT2D eigenvalue weighted by Crippen LogP contribution is -2.31. The Labute approximate surface area is 197 Å². The smallest absolute Gasteiger partial charge is 0.319 e. The van der Waals surface area contributed by atoms with Gasteiger partial charge in [0.2, 0.25) is 0 Å². The maximum absolute atomic E-state index is 12.8. The maximum atomic E-state index is 12.8. The number of aromatic nitrogens is 1. The molecule has 1 aliphatic rings. The van der Waals surface area contributed by atoms with E-state index in [1.807, 2.05) is 50.4 Å². The van der Waals surface area contributed by atoms with Gasteiger partial charge in [-0.05, 0) is 49.9 Å². The topological polar surface area (TPSA) is 98.4 Å². The van der Waals surface area contributed by atoms with E-state index in [0.717, 1.165) is 36.5 Å². The number of benzene rings is 2. The van der Waals surface area contributed by atoms with Gasteiger partial charge in [-0.25, -0.2) is 9.78 Å². The van der Waals surface area contributed by atoms with Crippen molar-refractivity contribution in [3.63, 3.8) is 0 Å². The first kappa shape index (κ1) is 22.8. The minimum Gasteiger partial charge on any atom is -0.388 e. The third-order valence-electron chi connectivity index (χ3n) is 5.55. The van der Waals surface area contributed by atoms with E-state index in [2.05, 4.69) is 38.2 Å². The largest absolute Gasteiger partial charge is 0.388 e. The Kier molecular flexibility index (Phi) is 6.90. The highest BCUT2D eigenvalue weighted by Crippen LogP contribution is 2.28. The average Bonchev–Trinajstić information content (AvgIpc) is 3.20. The SMILES string of the molecule is CNc1cccc(NC(=O)NC(C)c2cccc(C(=O)Nc3nc4c(s3)CN(C)CC4)c2)c1. The molecule has 33 heavy (non-hydrogen) atoms. The Bertz CT molecular complexity index is 1160. The van der Waals surface area contributed by atoms with Crippen LogP contribution in [0.5, 0.6) is 0 Å². The number of nitrogens with one attached hydrogen (secondary N) is 4. The Morgan fingerprint density at radius 1 is 1.09 bits per heavy atom. The highest BCUT2D eigenvalue weighted by molar-refractivity contribution is 7.15. The number of urea groups is 1. The second kappa shape index (κ2) is 10.0. The maximum Gasteiger partial charge on any atom is 0.319 e. The van der Waals surface area contributed by atoms with Crippen LogP contribution >= 0.6 is 11.3 Å². The molecule has 0 aliphatic carbocycles. The van der Waals surface area contributed by atoms with Gasteiger partial charge >= 0.3 is 6.03 Å². The van der Waals surface area contributed by atoms with Crippen molar-refractivity contribution < 1.29 is 9.59 Å². The van der Waals surface area contributed by atoms with E-state index < -0.39 is 0 Å². The fraction of sp³-hybridized carbons (Fsp3) is 0.292. The zero-order valence-corrected chi connectivity index (χ0v) is 19.8. The lowest BCUT2D eigenvalue weighted by molar-refractivity contribution is 0.102. The molecular weight excluding hydrogens is 436 g/mol. The lowest BCUT2D eigenvalue weighted by atomic mass is 10.0.